The van der Waals surface area contributed by atoms with Crippen LogP contribution in [0.15, 0.2) is 29.2 Å². The van der Waals surface area contributed by atoms with Gasteiger partial charge in [-0.1, -0.05) is 26.0 Å². The lowest BCUT2D eigenvalue weighted by Crippen LogP contribution is -2.28. The Kier molecular flexibility index (Phi) is 4.96. The highest BCUT2D eigenvalue weighted by atomic mass is 32.2. The van der Waals surface area contributed by atoms with Gasteiger partial charge < -0.3 is 5.32 Å². The maximum atomic E-state index is 12.1. The predicted molar refractivity (Wildman–Crippen MR) is 70.6 cm³/mol. The largest absolute Gasteiger partial charge is 0.384 e. The highest BCUT2D eigenvalue weighted by molar-refractivity contribution is 7.89. The van der Waals surface area contributed by atoms with Crippen molar-refractivity contribution in [3.63, 3.8) is 0 Å². The Hall–Kier alpha value is -1.07. The molecule has 4 nitrogen and oxygen atoms in total. The van der Waals surface area contributed by atoms with Crippen LogP contribution in [0.1, 0.15) is 20.8 Å². The summed E-state index contributed by atoms with van der Waals surface area (Å²) in [5, 5.41) is 3.05. The van der Waals surface area contributed by atoms with E-state index in [1.165, 1.54) is 0 Å². The summed E-state index contributed by atoms with van der Waals surface area (Å²) in [7, 11) is -3.42. The van der Waals surface area contributed by atoms with Crippen LogP contribution in [0.3, 0.4) is 0 Å². The average molecular weight is 256 g/mol. The number of rotatable bonds is 6. The van der Waals surface area contributed by atoms with E-state index in [0.29, 0.717) is 23.7 Å². The first-order valence-corrected chi connectivity index (χ1v) is 7.28. The van der Waals surface area contributed by atoms with E-state index in [9.17, 15) is 8.42 Å². The van der Waals surface area contributed by atoms with Crippen molar-refractivity contribution < 1.29 is 8.42 Å². The van der Waals surface area contributed by atoms with Gasteiger partial charge in [-0.15, -0.1) is 0 Å². The standard InChI is InChI=1S/C12H20N2O2S/c1-4-13-11-7-5-6-8-12(11)17(15,16)14-9-10(2)3/h5-8,10,13-14H,4,9H2,1-3H3. The fourth-order valence-electron chi connectivity index (χ4n) is 1.39. The Morgan fingerprint density at radius 3 is 2.47 bits per heavy atom. The molecule has 2 N–H and O–H groups in total. The second-order valence-electron chi connectivity index (χ2n) is 4.27. The van der Waals surface area contributed by atoms with E-state index in [4.69, 9.17) is 0 Å². The Labute approximate surface area is 103 Å². The molecule has 0 aliphatic carbocycles. The summed E-state index contributed by atoms with van der Waals surface area (Å²) in [5.74, 6) is 0.288. The summed E-state index contributed by atoms with van der Waals surface area (Å²) in [6, 6.07) is 6.93. The summed E-state index contributed by atoms with van der Waals surface area (Å²) in [6.45, 7) is 7.02. The van der Waals surface area contributed by atoms with E-state index in [-0.39, 0.29) is 5.92 Å². The van der Waals surface area contributed by atoms with Crippen LogP contribution in [0.2, 0.25) is 0 Å². The van der Waals surface area contributed by atoms with Gasteiger partial charge >= 0.3 is 0 Å². The van der Waals surface area contributed by atoms with Gasteiger partial charge in [0, 0.05) is 13.1 Å². The Morgan fingerprint density at radius 1 is 1.24 bits per heavy atom. The van der Waals surface area contributed by atoms with Gasteiger partial charge in [0.05, 0.1) is 5.69 Å². The molecule has 17 heavy (non-hydrogen) atoms. The van der Waals surface area contributed by atoms with Gasteiger partial charge in [-0.3, -0.25) is 0 Å². The van der Waals surface area contributed by atoms with Crippen LogP contribution in [0, 0.1) is 5.92 Å². The molecule has 1 rings (SSSR count). The predicted octanol–water partition coefficient (Wildman–Crippen LogP) is 2.05. The van der Waals surface area contributed by atoms with Crippen molar-refractivity contribution in [3.8, 4) is 0 Å². The zero-order chi connectivity index (χ0) is 12.9. The summed E-state index contributed by atoms with van der Waals surface area (Å²) >= 11 is 0. The summed E-state index contributed by atoms with van der Waals surface area (Å²) < 4.78 is 26.8. The number of sulfonamides is 1. The van der Waals surface area contributed by atoms with Crippen LogP contribution in [0.25, 0.3) is 0 Å². The molecule has 0 aliphatic heterocycles. The maximum absolute atomic E-state index is 12.1. The minimum atomic E-state index is -3.42. The molecule has 0 fully saturated rings. The number of anilines is 1. The van der Waals surface area contributed by atoms with Gasteiger partial charge in [0.2, 0.25) is 10.0 Å². The quantitative estimate of drug-likeness (QED) is 0.819. The van der Waals surface area contributed by atoms with E-state index in [2.05, 4.69) is 10.0 Å². The van der Waals surface area contributed by atoms with Crippen LogP contribution < -0.4 is 10.0 Å². The third kappa shape index (κ3) is 4.02. The second kappa shape index (κ2) is 6.02. The molecule has 0 bridgehead atoms. The number of para-hydroxylation sites is 1. The first kappa shape index (κ1) is 14.0. The van der Waals surface area contributed by atoms with Gasteiger partial charge in [-0.25, -0.2) is 13.1 Å². The molecule has 0 saturated heterocycles. The molecular formula is C12H20N2O2S. The van der Waals surface area contributed by atoms with Crippen molar-refractivity contribution in [1.29, 1.82) is 0 Å². The highest BCUT2D eigenvalue weighted by Gasteiger charge is 2.17. The lowest BCUT2D eigenvalue weighted by molar-refractivity contribution is 0.560. The van der Waals surface area contributed by atoms with Gasteiger partial charge in [0.1, 0.15) is 4.90 Å². The van der Waals surface area contributed by atoms with E-state index in [1.54, 1.807) is 18.2 Å². The van der Waals surface area contributed by atoms with E-state index in [0.717, 1.165) is 0 Å². The molecular weight excluding hydrogens is 236 g/mol. The first-order chi connectivity index (χ1) is 7.97. The molecule has 0 aromatic heterocycles. The third-order valence-corrected chi connectivity index (χ3v) is 3.71. The number of benzene rings is 1. The van der Waals surface area contributed by atoms with Crippen LogP contribution >= 0.6 is 0 Å². The smallest absolute Gasteiger partial charge is 0.242 e. The second-order valence-corrected chi connectivity index (χ2v) is 6.01. The molecule has 1 aromatic carbocycles. The zero-order valence-electron chi connectivity index (χ0n) is 10.5. The minimum Gasteiger partial charge on any atom is -0.384 e. The Morgan fingerprint density at radius 2 is 1.88 bits per heavy atom. The number of hydrogen-bond donors (Lipinski definition) is 2. The molecule has 0 aliphatic rings. The molecule has 0 atom stereocenters. The Bertz CT molecular complexity index is 455. The van der Waals surface area contributed by atoms with Gasteiger partial charge in [-0.05, 0) is 25.0 Å². The summed E-state index contributed by atoms with van der Waals surface area (Å²) in [5.41, 5.74) is 0.645. The van der Waals surface area contributed by atoms with E-state index >= 15 is 0 Å². The highest BCUT2D eigenvalue weighted by Crippen LogP contribution is 2.20. The van der Waals surface area contributed by atoms with Gasteiger partial charge in [-0.2, -0.15) is 0 Å². The SMILES string of the molecule is CCNc1ccccc1S(=O)(=O)NCC(C)C. The van der Waals surface area contributed by atoms with E-state index < -0.39 is 10.0 Å². The molecule has 5 heteroatoms. The first-order valence-electron chi connectivity index (χ1n) is 5.80. The maximum Gasteiger partial charge on any atom is 0.242 e. The number of nitrogens with one attached hydrogen (secondary N) is 2. The van der Waals surface area contributed by atoms with Crippen molar-refractivity contribution in [2.24, 2.45) is 5.92 Å². The molecule has 0 amide bonds. The molecule has 0 spiro atoms. The molecule has 96 valence electrons. The lowest BCUT2D eigenvalue weighted by atomic mass is 10.2. The normalized spacial score (nSPS) is 11.8. The molecule has 0 heterocycles. The average Bonchev–Trinajstić information content (AvgIpc) is 2.28. The summed E-state index contributed by atoms with van der Waals surface area (Å²) in [6.07, 6.45) is 0. The van der Waals surface area contributed by atoms with Crippen LogP contribution in [0.5, 0.6) is 0 Å². The van der Waals surface area contributed by atoms with Crippen molar-refractivity contribution in [1.82, 2.24) is 4.72 Å². The van der Waals surface area contributed by atoms with Crippen molar-refractivity contribution in [3.05, 3.63) is 24.3 Å². The monoisotopic (exact) mass is 256 g/mol. The van der Waals surface area contributed by atoms with Gasteiger partial charge in [0.15, 0.2) is 0 Å². The van der Waals surface area contributed by atoms with Gasteiger partial charge in [0.25, 0.3) is 0 Å². The fraction of sp³-hybridized carbons (Fsp3) is 0.500. The topological polar surface area (TPSA) is 58.2 Å². The van der Waals surface area contributed by atoms with Crippen LogP contribution in [-0.2, 0) is 10.0 Å². The summed E-state index contributed by atoms with van der Waals surface area (Å²) in [4.78, 5) is 0.308. The van der Waals surface area contributed by atoms with Crippen molar-refractivity contribution >= 4 is 15.7 Å². The van der Waals surface area contributed by atoms with Crippen molar-refractivity contribution in [2.45, 2.75) is 25.7 Å². The Balaban J connectivity index is 2.97. The van der Waals surface area contributed by atoms with Crippen LogP contribution in [-0.4, -0.2) is 21.5 Å². The number of hydrogen-bond acceptors (Lipinski definition) is 3. The molecule has 1 aromatic rings. The third-order valence-electron chi connectivity index (χ3n) is 2.23. The zero-order valence-corrected chi connectivity index (χ0v) is 11.3. The molecule has 0 radical (unpaired) electrons. The minimum absolute atomic E-state index is 0.288. The molecule has 0 saturated carbocycles. The van der Waals surface area contributed by atoms with Crippen LogP contribution in [0.4, 0.5) is 5.69 Å². The lowest BCUT2D eigenvalue weighted by Gasteiger charge is -2.13. The fourth-order valence-corrected chi connectivity index (χ4v) is 2.79. The van der Waals surface area contributed by atoms with Crippen molar-refractivity contribution in [2.75, 3.05) is 18.4 Å². The molecule has 0 unspecified atom stereocenters. The van der Waals surface area contributed by atoms with E-state index in [1.807, 2.05) is 26.8 Å².